The topological polar surface area (TPSA) is 95.6 Å². The van der Waals surface area contributed by atoms with E-state index in [4.69, 9.17) is 10.9 Å². The number of carbonyl (C=O) groups is 1. The Morgan fingerprint density at radius 3 is 2.38 bits per heavy atom. The summed E-state index contributed by atoms with van der Waals surface area (Å²) in [5.41, 5.74) is 6.89. The van der Waals surface area contributed by atoms with Crippen molar-refractivity contribution >= 4 is 5.91 Å². The summed E-state index contributed by atoms with van der Waals surface area (Å²) in [6.07, 6.45) is -0.472. The molecule has 0 radical (unpaired) electrons. The second kappa shape index (κ2) is 5.90. The number of nitrogens with one attached hydrogen (secondary N) is 1. The van der Waals surface area contributed by atoms with Crippen molar-refractivity contribution in [2.75, 3.05) is 0 Å². The zero-order valence-electron chi connectivity index (χ0n) is 8.03. The standard InChI is InChI=1S/C8H18N2O3/c1-5(2)3-6(10-13)7(11)4-8(9)12/h5-7,10-11,13H,3-4H2,1-2H3,(H2,9,12)/t6-,7-/m0/s1. The number of amides is 1. The van der Waals surface area contributed by atoms with E-state index in [1.165, 1.54) is 0 Å². The first-order valence-corrected chi connectivity index (χ1v) is 4.33. The van der Waals surface area contributed by atoms with E-state index in [-0.39, 0.29) is 6.42 Å². The van der Waals surface area contributed by atoms with Crippen LogP contribution in [0, 0.1) is 5.92 Å². The number of aliphatic hydroxyl groups is 1. The summed E-state index contributed by atoms with van der Waals surface area (Å²) in [4.78, 5) is 10.5. The number of carbonyl (C=O) groups excluding carboxylic acids is 1. The highest BCUT2D eigenvalue weighted by molar-refractivity contribution is 5.74. The third kappa shape index (κ3) is 5.57. The van der Waals surface area contributed by atoms with E-state index in [1.54, 1.807) is 0 Å². The first kappa shape index (κ1) is 12.3. The van der Waals surface area contributed by atoms with Gasteiger partial charge in [-0.3, -0.25) is 4.79 Å². The Hall–Kier alpha value is -0.650. The molecule has 13 heavy (non-hydrogen) atoms. The van der Waals surface area contributed by atoms with Gasteiger partial charge in [-0.05, 0) is 12.3 Å². The maximum Gasteiger partial charge on any atom is 0.220 e. The molecule has 0 aromatic rings. The molecule has 0 saturated carbocycles. The highest BCUT2D eigenvalue weighted by Crippen LogP contribution is 2.09. The first-order valence-electron chi connectivity index (χ1n) is 4.33. The molecular weight excluding hydrogens is 172 g/mol. The lowest BCUT2D eigenvalue weighted by molar-refractivity contribution is -0.120. The Morgan fingerprint density at radius 1 is 1.54 bits per heavy atom. The molecule has 2 atom stereocenters. The minimum atomic E-state index is -0.926. The Balaban J connectivity index is 3.98. The van der Waals surface area contributed by atoms with Crippen molar-refractivity contribution in [2.24, 2.45) is 11.7 Å². The minimum absolute atomic E-state index is 0.134. The molecule has 1 amide bonds. The van der Waals surface area contributed by atoms with E-state index < -0.39 is 18.1 Å². The monoisotopic (exact) mass is 190 g/mol. The molecule has 0 saturated heterocycles. The highest BCUT2D eigenvalue weighted by Gasteiger charge is 2.21. The molecule has 5 heteroatoms. The third-order valence-corrected chi connectivity index (χ3v) is 1.77. The van der Waals surface area contributed by atoms with Crippen LogP contribution in [-0.4, -0.2) is 28.4 Å². The van der Waals surface area contributed by atoms with Gasteiger partial charge >= 0.3 is 0 Å². The fraction of sp³-hybridized carbons (Fsp3) is 0.875. The van der Waals surface area contributed by atoms with Crippen LogP contribution in [0.2, 0.25) is 0 Å². The van der Waals surface area contributed by atoms with E-state index in [0.29, 0.717) is 12.3 Å². The maximum absolute atomic E-state index is 10.5. The third-order valence-electron chi connectivity index (χ3n) is 1.77. The normalized spacial score (nSPS) is 15.8. The lowest BCUT2D eigenvalue weighted by atomic mass is 9.98. The molecule has 0 aromatic heterocycles. The maximum atomic E-state index is 10.5. The molecule has 0 aliphatic heterocycles. The molecule has 0 aromatic carbocycles. The fourth-order valence-corrected chi connectivity index (χ4v) is 1.15. The number of aliphatic hydroxyl groups excluding tert-OH is 1. The van der Waals surface area contributed by atoms with Crippen LogP contribution in [0.25, 0.3) is 0 Å². The molecular formula is C8H18N2O3. The number of rotatable bonds is 6. The van der Waals surface area contributed by atoms with E-state index >= 15 is 0 Å². The molecule has 0 bridgehead atoms. The van der Waals surface area contributed by atoms with Crippen LogP contribution in [0.15, 0.2) is 0 Å². The summed E-state index contributed by atoms with van der Waals surface area (Å²) >= 11 is 0. The highest BCUT2D eigenvalue weighted by atomic mass is 16.5. The van der Waals surface area contributed by atoms with Gasteiger partial charge in [-0.25, -0.2) is 0 Å². The lowest BCUT2D eigenvalue weighted by Gasteiger charge is -2.21. The van der Waals surface area contributed by atoms with E-state index in [2.05, 4.69) is 0 Å². The van der Waals surface area contributed by atoms with E-state index in [0.717, 1.165) is 0 Å². The van der Waals surface area contributed by atoms with Gasteiger partial charge < -0.3 is 16.0 Å². The molecule has 0 unspecified atom stereocenters. The zero-order chi connectivity index (χ0) is 10.4. The van der Waals surface area contributed by atoms with Gasteiger partial charge in [0.15, 0.2) is 0 Å². The largest absolute Gasteiger partial charge is 0.391 e. The van der Waals surface area contributed by atoms with Crippen molar-refractivity contribution in [2.45, 2.75) is 38.8 Å². The Kier molecular flexibility index (Phi) is 5.61. The average molecular weight is 190 g/mol. The SMILES string of the molecule is CC(C)C[C@H](NO)[C@@H](O)CC(N)=O. The second-order valence-electron chi connectivity index (χ2n) is 3.60. The Bertz CT molecular complexity index is 161. The van der Waals surface area contributed by atoms with Gasteiger partial charge in [0.2, 0.25) is 5.91 Å². The van der Waals surface area contributed by atoms with Crippen molar-refractivity contribution < 1.29 is 15.1 Å². The van der Waals surface area contributed by atoms with E-state index in [9.17, 15) is 9.90 Å². The number of hydrogen-bond donors (Lipinski definition) is 4. The summed E-state index contributed by atoms with van der Waals surface area (Å²) in [5.74, 6) is -0.247. The van der Waals surface area contributed by atoms with Crippen LogP contribution in [0.1, 0.15) is 26.7 Å². The van der Waals surface area contributed by atoms with E-state index in [1.807, 2.05) is 19.3 Å². The van der Waals surface area contributed by atoms with Gasteiger partial charge in [-0.1, -0.05) is 13.8 Å². The Labute approximate surface area is 77.9 Å². The van der Waals surface area contributed by atoms with Crippen molar-refractivity contribution in [3.63, 3.8) is 0 Å². The summed E-state index contributed by atoms with van der Waals surface area (Å²) in [6.45, 7) is 3.92. The molecule has 0 fully saturated rings. The number of nitrogens with two attached hydrogens (primary N) is 1. The van der Waals surface area contributed by atoms with Crippen LogP contribution in [-0.2, 0) is 4.79 Å². The summed E-state index contributed by atoms with van der Waals surface area (Å²) in [6, 6.07) is -0.493. The molecule has 0 heterocycles. The van der Waals surface area contributed by atoms with Gasteiger partial charge in [0.1, 0.15) is 0 Å². The smallest absolute Gasteiger partial charge is 0.220 e. The van der Waals surface area contributed by atoms with Crippen LogP contribution in [0.4, 0.5) is 0 Å². The molecule has 0 rings (SSSR count). The van der Waals surface area contributed by atoms with Crippen LogP contribution < -0.4 is 11.2 Å². The van der Waals surface area contributed by atoms with Gasteiger partial charge in [0.05, 0.1) is 18.6 Å². The fourth-order valence-electron chi connectivity index (χ4n) is 1.15. The zero-order valence-corrected chi connectivity index (χ0v) is 8.03. The van der Waals surface area contributed by atoms with Gasteiger partial charge in [-0.2, -0.15) is 5.48 Å². The van der Waals surface area contributed by atoms with Gasteiger partial charge in [-0.15, -0.1) is 0 Å². The quantitative estimate of drug-likeness (QED) is 0.429. The average Bonchev–Trinajstić information content (AvgIpc) is 1.98. The molecule has 78 valence electrons. The van der Waals surface area contributed by atoms with Crippen molar-refractivity contribution in [1.82, 2.24) is 5.48 Å². The molecule has 5 N–H and O–H groups in total. The lowest BCUT2D eigenvalue weighted by Crippen LogP contribution is -2.41. The molecule has 0 aliphatic rings. The molecule has 0 spiro atoms. The second-order valence-corrected chi connectivity index (χ2v) is 3.60. The van der Waals surface area contributed by atoms with Crippen molar-refractivity contribution in [1.29, 1.82) is 0 Å². The number of hydrogen-bond acceptors (Lipinski definition) is 4. The van der Waals surface area contributed by atoms with Gasteiger partial charge in [0, 0.05) is 0 Å². The minimum Gasteiger partial charge on any atom is -0.391 e. The molecule has 0 aliphatic carbocycles. The van der Waals surface area contributed by atoms with Crippen LogP contribution in [0.3, 0.4) is 0 Å². The number of primary amides is 1. The molecule has 5 nitrogen and oxygen atoms in total. The Morgan fingerprint density at radius 2 is 2.08 bits per heavy atom. The van der Waals surface area contributed by atoms with Crippen molar-refractivity contribution in [3.8, 4) is 0 Å². The number of hydroxylamine groups is 1. The van der Waals surface area contributed by atoms with Crippen molar-refractivity contribution in [3.05, 3.63) is 0 Å². The summed E-state index contributed by atoms with van der Waals surface area (Å²) in [7, 11) is 0. The summed E-state index contributed by atoms with van der Waals surface area (Å²) in [5, 5.41) is 18.1. The van der Waals surface area contributed by atoms with Gasteiger partial charge in [0.25, 0.3) is 0 Å². The predicted octanol–water partition coefficient (Wildman–Crippen LogP) is -0.384. The van der Waals surface area contributed by atoms with Crippen LogP contribution >= 0.6 is 0 Å². The summed E-state index contributed by atoms with van der Waals surface area (Å²) < 4.78 is 0. The first-order chi connectivity index (χ1) is 5.97. The predicted molar refractivity (Wildman–Crippen MR) is 48.0 cm³/mol. The van der Waals surface area contributed by atoms with Crippen LogP contribution in [0.5, 0.6) is 0 Å².